The Hall–Kier alpha value is -3.18. The molecule has 1 aliphatic carbocycles. The molecule has 7 nitrogen and oxygen atoms in total. The molecule has 1 aliphatic rings. The number of thiophene rings is 1. The van der Waals surface area contributed by atoms with E-state index in [1.807, 2.05) is 0 Å². The van der Waals surface area contributed by atoms with Crippen LogP contribution in [0.25, 0.3) is 11.0 Å². The quantitative estimate of drug-likeness (QED) is 0.659. The molecule has 1 unspecified atom stereocenters. The van der Waals surface area contributed by atoms with Gasteiger partial charge in [-0.2, -0.15) is 5.26 Å². The van der Waals surface area contributed by atoms with Crippen molar-refractivity contribution in [2.24, 2.45) is 5.92 Å². The number of fused-ring (bicyclic) bond motifs is 2. The number of aromatic nitrogens is 2. The number of hydrogen-bond donors (Lipinski definition) is 2. The van der Waals surface area contributed by atoms with Crippen LogP contribution in [0.1, 0.15) is 39.7 Å². The number of imidazole rings is 1. The third-order valence-electron chi connectivity index (χ3n) is 4.87. The number of benzene rings is 1. The van der Waals surface area contributed by atoms with Crippen molar-refractivity contribution < 1.29 is 14.3 Å². The molecular weight excluding hydrogens is 376 g/mol. The monoisotopic (exact) mass is 394 g/mol. The third kappa shape index (κ3) is 3.49. The first-order chi connectivity index (χ1) is 13.5. The van der Waals surface area contributed by atoms with Crippen molar-refractivity contribution in [1.29, 1.82) is 5.26 Å². The van der Waals surface area contributed by atoms with Crippen LogP contribution >= 0.6 is 11.3 Å². The molecule has 8 heteroatoms. The Kier molecular flexibility index (Phi) is 4.84. The summed E-state index contributed by atoms with van der Waals surface area (Å²) in [5, 5.41) is 12.8. The van der Waals surface area contributed by atoms with Crippen molar-refractivity contribution in [1.82, 2.24) is 9.97 Å². The molecule has 142 valence electrons. The number of rotatable bonds is 4. The SMILES string of the molecule is CC1CCc2c(sc(NC(=O)COC(=O)c3ccc4nc[nH]c4c3)c2C#N)C1. The number of aromatic amines is 1. The summed E-state index contributed by atoms with van der Waals surface area (Å²) in [7, 11) is 0. The van der Waals surface area contributed by atoms with Gasteiger partial charge in [0.05, 0.1) is 28.5 Å². The Morgan fingerprint density at radius 2 is 2.32 bits per heavy atom. The molecule has 0 bridgehead atoms. The van der Waals surface area contributed by atoms with Crippen molar-refractivity contribution in [2.45, 2.75) is 26.2 Å². The highest BCUT2D eigenvalue weighted by Crippen LogP contribution is 2.39. The molecule has 0 saturated heterocycles. The molecule has 2 heterocycles. The predicted molar refractivity (Wildman–Crippen MR) is 105 cm³/mol. The van der Waals surface area contributed by atoms with Crippen molar-refractivity contribution in [2.75, 3.05) is 11.9 Å². The maximum absolute atomic E-state index is 12.3. The standard InChI is InChI=1S/C20H18N4O3S/c1-11-2-4-13-14(8-21)19(28-17(13)6-11)24-18(25)9-27-20(26)12-3-5-15-16(7-12)23-10-22-15/h3,5,7,10-11H,2,4,6,9H2,1H3,(H,22,23)(H,24,25). The van der Waals surface area contributed by atoms with E-state index in [1.165, 1.54) is 11.3 Å². The lowest BCUT2D eigenvalue weighted by Gasteiger charge is -2.17. The second kappa shape index (κ2) is 7.44. The van der Waals surface area contributed by atoms with Crippen LogP contribution in [0.3, 0.4) is 0 Å². The zero-order valence-electron chi connectivity index (χ0n) is 15.2. The van der Waals surface area contributed by atoms with E-state index in [-0.39, 0.29) is 0 Å². The summed E-state index contributed by atoms with van der Waals surface area (Å²) in [6, 6.07) is 7.15. The van der Waals surface area contributed by atoms with Gasteiger partial charge in [0.15, 0.2) is 6.61 Å². The largest absolute Gasteiger partial charge is 0.452 e. The van der Waals surface area contributed by atoms with E-state index in [0.717, 1.165) is 40.7 Å². The fourth-order valence-electron chi connectivity index (χ4n) is 3.40. The number of esters is 1. The summed E-state index contributed by atoms with van der Waals surface area (Å²) in [6.45, 7) is 1.77. The Morgan fingerprint density at radius 3 is 3.14 bits per heavy atom. The number of nitrogens with one attached hydrogen (secondary N) is 2. The van der Waals surface area contributed by atoms with E-state index in [2.05, 4.69) is 28.3 Å². The molecule has 0 saturated carbocycles. The van der Waals surface area contributed by atoms with Gasteiger partial charge in [-0.25, -0.2) is 9.78 Å². The highest BCUT2D eigenvalue weighted by Gasteiger charge is 2.24. The zero-order valence-corrected chi connectivity index (χ0v) is 16.1. The number of hydrogen-bond acceptors (Lipinski definition) is 6. The number of carbonyl (C=O) groups excluding carboxylic acids is 2. The minimum absolute atomic E-state index is 0.336. The molecule has 1 atom stereocenters. The summed E-state index contributed by atoms with van der Waals surface area (Å²) >= 11 is 1.45. The summed E-state index contributed by atoms with van der Waals surface area (Å²) < 4.78 is 5.12. The first-order valence-corrected chi connectivity index (χ1v) is 9.81. The van der Waals surface area contributed by atoms with Crippen LogP contribution in [0.15, 0.2) is 24.5 Å². The molecule has 28 heavy (non-hydrogen) atoms. The van der Waals surface area contributed by atoms with Crippen molar-refractivity contribution in [3.05, 3.63) is 46.1 Å². The first kappa shape index (κ1) is 18.2. The van der Waals surface area contributed by atoms with E-state index in [1.54, 1.807) is 24.5 Å². The predicted octanol–water partition coefficient (Wildman–Crippen LogP) is 3.42. The second-order valence-electron chi connectivity index (χ2n) is 6.93. The van der Waals surface area contributed by atoms with Gasteiger partial charge < -0.3 is 15.0 Å². The third-order valence-corrected chi connectivity index (χ3v) is 6.04. The number of ether oxygens (including phenoxy) is 1. The fourth-order valence-corrected chi connectivity index (χ4v) is 4.77. The number of carbonyl (C=O) groups is 2. The molecule has 0 fully saturated rings. The lowest BCUT2D eigenvalue weighted by molar-refractivity contribution is -0.119. The van der Waals surface area contributed by atoms with Gasteiger partial charge in [-0.3, -0.25) is 4.79 Å². The molecule has 2 N–H and O–H groups in total. The van der Waals surface area contributed by atoms with E-state index >= 15 is 0 Å². The number of nitrogens with zero attached hydrogens (tertiary/aromatic N) is 2. The zero-order chi connectivity index (χ0) is 19.7. The van der Waals surface area contributed by atoms with Gasteiger partial charge in [-0.15, -0.1) is 11.3 Å². The average Bonchev–Trinajstić information content (AvgIpc) is 3.28. The number of H-pyrrole nitrogens is 1. The topological polar surface area (TPSA) is 108 Å². The Bertz CT molecular complexity index is 1110. The van der Waals surface area contributed by atoms with Gasteiger partial charge in [0, 0.05) is 4.88 Å². The number of amides is 1. The van der Waals surface area contributed by atoms with Crippen LogP contribution in [0.2, 0.25) is 0 Å². The smallest absolute Gasteiger partial charge is 0.338 e. The fraction of sp³-hybridized carbons (Fsp3) is 0.300. The molecule has 0 spiro atoms. The highest BCUT2D eigenvalue weighted by atomic mass is 32.1. The van der Waals surface area contributed by atoms with Crippen LogP contribution < -0.4 is 5.32 Å². The summed E-state index contributed by atoms with van der Waals surface area (Å²) in [5.41, 5.74) is 3.38. The minimum Gasteiger partial charge on any atom is -0.452 e. The molecule has 2 aromatic heterocycles. The van der Waals surface area contributed by atoms with Crippen molar-refractivity contribution in [3.63, 3.8) is 0 Å². The molecule has 0 aliphatic heterocycles. The van der Waals surface area contributed by atoms with Gasteiger partial charge in [-0.1, -0.05) is 6.92 Å². The lowest BCUT2D eigenvalue weighted by atomic mass is 9.89. The molecule has 3 aromatic rings. The van der Waals surface area contributed by atoms with Crippen LogP contribution in [0.5, 0.6) is 0 Å². The van der Waals surface area contributed by atoms with Crippen molar-refractivity contribution >= 4 is 39.2 Å². The van der Waals surface area contributed by atoms with Gasteiger partial charge in [0.2, 0.25) is 0 Å². The maximum Gasteiger partial charge on any atom is 0.338 e. The van der Waals surface area contributed by atoms with Crippen molar-refractivity contribution in [3.8, 4) is 6.07 Å². The van der Waals surface area contributed by atoms with E-state index in [0.29, 0.717) is 22.0 Å². The van der Waals surface area contributed by atoms with Gasteiger partial charge >= 0.3 is 5.97 Å². The highest BCUT2D eigenvalue weighted by molar-refractivity contribution is 7.16. The van der Waals surface area contributed by atoms with E-state index < -0.39 is 18.5 Å². The lowest BCUT2D eigenvalue weighted by Crippen LogP contribution is -2.20. The summed E-state index contributed by atoms with van der Waals surface area (Å²) in [4.78, 5) is 32.6. The average molecular weight is 394 g/mol. The first-order valence-electron chi connectivity index (χ1n) is 9.00. The molecule has 4 rings (SSSR count). The van der Waals surface area contributed by atoms with Crippen LogP contribution in [0, 0.1) is 17.2 Å². The molecule has 1 aromatic carbocycles. The summed E-state index contributed by atoms with van der Waals surface area (Å²) in [6.07, 6.45) is 4.37. The number of nitriles is 1. The van der Waals surface area contributed by atoms with Gasteiger partial charge in [0.25, 0.3) is 5.91 Å². The maximum atomic E-state index is 12.3. The van der Waals surface area contributed by atoms with E-state index in [9.17, 15) is 14.9 Å². The van der Waals surface area contributed by atoms with Gasteiger partial charge in [0.1, 0.15) is 11.1 Å². The van der Waals surface area contributed by atoms with E-state index in [4.69, 9.17) is 4.74 Å². The molecule has 1 amide bonds. The molecular formula is C20H18N4O3S. The Balaban J connectivity index is 1.41. The van der Waals surface area contributed by atoms with Gasteiger partial charge in [-0.05, 0) is 48.9 Å². The summed E-state index contributed by atoms with van der Waals surface area (Å²) in [5.74, 6) is -0.472. The Labute approximate surface area is 165 Å². The van der Waals surface area contributed by atoms with Crippen LogP contribution in [-0.2, 0) is 22.4 Å². The second-order valence-corrected chi connectivity index (χ2v) is 8.03. The minimum atomic E-state index is -0.591. The Morgan fingerprint density at radius 1 is 1.46 bits per heavy atom. The normalized spacial score (nSPS) is 15.6. The van der Waals surface area contributed by atoms with Crippen LogP contribution in [0.4, 0.5) is 5.00 Å². The number of anilines is 1. The van der Waals surface area contributed by atoms with Crippen LogP contribution in [-0.4, -0.2) is 28.5 Å². The molecule has 0 radical (unpaired) electrons.